The molecule has 2 atom stereocenters. The van der Waals surface area contributed by atoms with Crippen molar-refractivity contribution in [1.29, 1.82) is 0 Å². The summed E-state index contributed by atoms with van der Waals surface area (Å²) in [7, 11) is 0. The van der Waals surface area contributed by atoms with Gasteiger partial charge >= 0.3 is 6.09 Å². The Kier molecular flexibility index (Phi) is 9.33. The summed E-state index contributed by atoms with van der Waals surface area (Å²) in [6, 6.07) is 8.43. The van der Waals surface area contributed by atoms with Crippen LogP contribution in [0.3, 0.4) is 0 Å². The van der Waals surface area contributed by atoms with Crippen LogP contribution in [-0.4, -0.2) is 41.1 Å². The van der Waals surface area contributed by atoms with Crippen molar-refractivity contribution in [2.75, 3.05) is 6.54 Å². The van der Waals surface area contributed by atoms with Crippen molar-refractivity contribution in [2.45, 2.75) is 58.6 Å². The number of carbonyl (C=O) groups excluding carboxylic acids is 4. The summed E-state index contributed by atoms with van der Waals surface area (Å²) in [5.41, 5.74) is 1.74. The molecular formula is C25H31N3O5S. The molecule has 2 aromatic rings. The van der Waals surface area contributed by atoms with Gasteiger partial charge in [-0.15, -0.1) is 11.3 Å². The molecule has 2 amide bonds. The van der Waals surface area contributed by atoms with Gasteiger partial charge in [-0.3, -0.25) is 14.4 Å². The number of fused-ring (bicyclic) bond motifs is 2. The Morgan fingerprint density at radius 2 is 1.97 bits per heavy atom. The molecule has 2 heterocycles. The van der Waals surface area contributed by atoms with E-state index in [1.165, 1.54) is 0 Å². The predicted octanol–water partition coefficient (Wildman–Crippen LogP) is 3.23. The number of nitrogens with one attached hydrogen (secondary N) is 2. The van der Waals surface area contributed by atoms with Gasteiger partial charge in [0.2, 0.25) is 5.78 Å². The van der Waals surface area contributed by atoms with Gasteiger partial charge in [0.15, 0.2) is 5.78 Å². The normalized spacial score (nSPS) is 17.8. The molecule has 2 bridgehead atoms. The Hall–Kier alpha value is -3.07. The summed E-state index contributed by atoms with van der Waals surface area (Å²) >= 11 is 1.57. The summed E-state index contributed by atoms with van der Waals surface area (Å²) in [5, 5.41) is 8.24. The Morgan fingerprint density at radius 3 is 2.71 bits per heavy atom. The van der Waals surface area contributed by atoms with Crippen LogP contribution >= 0.6 is 11.3 Å². The van der Waals surface area contributed by atoms with E-state index in [0.29, 0.717) is 32.2 Å². The molecule has 0 spiro atoms. The first-order chi connectivity index (χ1) is 16.3. The van der Waals surface area contributed by atoms with Gasteiger partial charge in [-0.1, -0.05) is 44.2 Å². The highest BCUT2D eigenvalue weighted by Gasteiger charge is 2.32. The van der Waals surface area contributed by atoms with Gasteiger partial charge in [-0.2, -0.15) is 0 Å². The molecule has 3 rings (SSSR count). The van der Waals surface area contributed by atoms with E-state index in [-0.39, 0.29) is 24.7 Å². The van der Waals surface area contributed by atoms with Crippen molar-refractivity contribution in [3.8, 4) is 0 Å². The number of aromatic nitrogens is 1. The largest absolute Gasteiger partial charge is 0.445 e. The van der Waals surface area contributed by atoms with Crippen LogP contribution in [0.15, 0.2) is 35.7 Å². The van der Waals surface area contributed by atoms with Crippen LogP contribution in [0.2, 0.25) is 0 Å². The van der Waals surface area contributed by atoms with Crippen LogP contribution < -0.4 is 10.6 Å². The predicted molar refractivity (Wildman–Crippen MR) is 128 cm³/mol. The van der Waals surface area contributed by atoms with Crippen molar-refractivity contribution in [2.24, 2.45) is 11.8 Å². The number of aryl methyl sites for hydroxylation is 1. The SMILES string of the molecule is CC(C)C(NC(=O)OCc1ccccc1)C(=O)CC1CCCc2nc(cs2)CCNC(=O)C1=O. The number of Topliss-reactive ketones (excluding diaryl/α,β-unsaturated/α-hetero) is 2. The third kappa shape index (κ3) is 7.48. The van der Waals surface area contributed by atoms with Crippen LogP contribution in [0.4, 0.5) is 4.79 Å². The molecule has 182 valence electrons. The van der Waals surface area contributed by atoms with Crippen molar-refractivity contribution >= 4 is 34.9 Å². The Morgan fingerprint density at radius 1 is 1.21 bits per heavy atom. The summed E-state index contributed by atoms with van der Waals surface area (Å²) < 4.78 is 5.25. The minimum absolute atomic E-state index is 0.0887. The van der Waals surface area contributed by atoms with Gasteiger partial charge < -0.3 is 15.4 Å². The third-order valence-corrected chi connectivity index (χ3v) is 6.71. The second kappa shape index (κ2) is 12.4. The van der Waals surface area contributed by atoms with E-state index in [1.807, 2.05) is 49.6 Å². The van der Waals surface area contributed by atoms with E-state index in [4.69, 9.17) is 4.74 Å². The lowest BCUT2D eigenvalue weighted by molar-refractivity contribution is -0.141. The minimum Gasteiger partial charge on any atom is -0.445 e. The number of carbonyl (C=O) groups is 4. The lowest BCUT2D eigenvalue weighted by Crippen LogP contribution is -2.46. The number of hydrogen-bond donors (Lipinski definition) is 2. The molecular weight excluding hydrogens is 454 g/mol. The average Bonchev–Trinajstić information content (AvgIpc) is 3.27. The van der Waals surface area contributed by atoms with Gasteiger partial charge in [0.25, 0.3) is 5.91 Å². The summed E-state index contributed by atoms with van der Waals surface area (Å²) in [6.45, 7) is 4.04. The van der Waals surface area contributed by atoms with Crippen molar-refractivity contribution in [1.82, 2.24) is 15.6 Å². The number of alkyl carbamates (subject to hydrolysis) is 1. The fourth-order valence-corrected chi connectivity index (χ4v) is 4.74. The maximum atomic E-state index is 13.1. The van der Waals surface area contributed by atoms with Crippen LogP contribution in [-0.2, 0) is 38.6 Å². The molecule has 0 saturated heterocycles. The van der Waals surface area contributed by atoms with Crippen molar-refractivity contribution in [3.63, 3.8) is 0 Å². The summed E-state index contributed by atoms with van der Waals surface area (Å²) in [4.78, 5) is 55.2. The Balaban J connectivity index is 1.62. The molecule has 9 heteroatoms. The molecule has 0 radical (unpaired) electrons. The second-order valence-electron chi connectivity index (χ2n) is 8.79. The number of amides is 2. The molecule has 2 N–H and O–H groups in total. The molecule has 1 aromatic heterocycles. The number of ketones is 2. The van der Waals surface area contributed by atoms with E-state index in [1.54, 1.807) is 11.3 Å². The van der Waals surface area contributed by atoms with E-state index < -0.39 is 29.7 Å². The second-order valence-corrected chi connectivity index (χ2v) is 9.73. The first-order valence-corrected chi connectivity index (χ1v) is 12.5. The van der Waals surface area contributed by atoms with Crippen LogP contribution in [0.1, 0.15) is 49.4 Å². The van der Waals surface area contributed by atoms with Crippen LogP contribution in [0.25, 0.3) is 0 Å². The molecule has 2 unspecified atom stereocenters. The van der Waals surface area contributed by atoms with Crippen LogP contribution in [0.5, 0.6) is 0 Å². The number of hydrogen-bond acceptors (Lipinski definition) is 7. The van der Waals surface area contributed by atoms with Gasteiger partial charge in [0, 0.05) is 30.7 Å². The van der Waals surface area contributed by atoms with Crippen molar-refractivity contribution in [3.05, 3.63) is 52.0 Å². The first kappa shape index (κ1) is 25.6. The standard InChI is InChI=1S/C25H31N3O5S/c1-16(2)22(28-25(32)33-14-17-7-4-3-5-8-17)20(29)13-18-9-6-10-21-27-19(15-34-21)11-12-26-24(31)23(18)30/h3-5,7-8,15-16,18,22H,6,9-14H2,1-2H3,(H,26,31)(H,28,32). The third-order valence-electron chi connectivity index (χ3n) is 5.75. The zero-order valence-electron chi connectivity index (χ0n) is 19.5. The number of thiazole rings is 1. The molecule has 8 nitrogen and oxygen atoms in total. The highest BCUT2D eigenvalue weighted by molar-refractivity contribution is 7.09. The Labute approximate surface area is 203 Å². The molecule has 1 aliphatic rings. The smallest absolute Gasteiger partial charge is 0.408 e. The summed E-state index contributed by atoms with van der Waals surface area (Å²) in [6.07, 6.45) is 1.49. The number of benzene rings is 1. The molecule has 34 heavy (non-hydrogen) atoms. The maximum absolute atomic E-state index is 13.1. The Bertz CT molecular complexity index is 1000. The zero-order chi connectivity index (χ0) is 24.5. The van der Waals surface area contributed by atoms with Gasteiger partial charge in [-0.25, -0.2) is 9.78 Å². The van der Waals surface area contributed by atoms with E-state index in [0.717, 1.165) is 16.3 Å². The number of ether oxygens (including phenoxy) is 1. The average molecular weight is 486 g/mol. The first-order valence-electron chi connectivity index (χ1n) is 11.6. The number of rotatable bonds is 7. The topological polar surface area (TPSA) is 114 Å². The van der Waals surface area contributed by atoms with Gasteiger partial charge in [0.05, 0.1) is 16.7 Å². The maximum Gasteiger partial charge on any atom is 0.408 e. The molecule has 0 saturated carbocycles. The van der Waals surface area contributed by atoms with Crippen molar-refractivity contribution < 1.29 is 23.9 Å². The van der Waals surface area contributed by atoms with Gasteiger partial charge in [0.1, 0.15) is 6.61 Å². The molecule has 1 aromatic carbocycles. The highest BCUT2D eigenvalue weighted by atomic mass is 32.1. The summed E-state index contributed by atoms with van der Waals surface area (Å²) in [5.74, 6) is -2.50. The zero-order valence-corrected chi connectivity index (χ0v) is 20.4. The van der Waals surface area contributed by atoms with Gasteiger partial charge in [-0.05, 0) is 30.7 Å². The van der Waals surface area contributed by atoms with E-state index in [2.05, 4.69) is 15.6 Å². The van der Waals surface area contributed by atoms with Crippen LogP contribution in [0, 0.1) is 11.8 Å². The monoisotopic (exact) mass is 485 g/mol. The highest BCUT2D eigenvalue weighted by Crippen LogP contribution is 2.21. The quantitative estimate of drug-likeness (QED) is 0.582. The fraction of sp³-hybridized carbons (Fsp3) is 0.480. The lowest BCUT2D eigenvalue weighted by atomic mass is 9.87. The minimum atomic E-state index is -0.818. The van der Waals surface area contributed by atoms with E-state index in [9.17, 15) is 19.2 Å². The lowest BCUT2D eigenvalue weighted by Gasteiger charge is -2.23. The van der Waals surface area contributed by atoms with E-state index >= 15 is 0 Å². The molecule has 1 aliphatic heterocycles. The molecule has 0 fully saturated rings. The fourth-order valence-electron chi connectivity index (χ4n) is 3.86. The molecule has 0 aliphatic carbocycles. The number of nitrogens with zero attached hydrogens (tertiary/aromatic N) is 1.